The van der Waals surface area contributed by atoms with Crippen molar-refractivity contribution < 1.29 is 9.63 Å². The van der Waals surface area contributed by atoms with Crippen LogP contribution in [0.2, 0.25) is 0 Å². The van der Waals surface area contributed by atoms with E-state index in [1.54, 1.807) is 23.9 Å². The molecule has 5 heteroatoms. The second-order valence-corrected chi connectivity index (χ2v) is 5.72. The molecular formula is C16H14N2O2S. The molecule has 3 aromatic rings. The smallest absolute Gasteiger partial charge is 0.257 e. The highest BCUT2D eigenvalue weighted by Gasteiger charge is 2.09. The summed E-state index contributed by atoms with van der Waals surface area (Å²) in [5.41, 5.74) is 2.08. The zero-order valence-electron chi connectivity index (χ0n) is 11.5. The van der Waals surface area contributed by atoms with Crippen LogP contribution in [0.25, 0.3) is 11.5 Å². The van der Waals surface area contributed by atoms with E-state index in [2.05, 4.69) is 10.1 Å². The lowest BCUT2D eigenvalue weighted by Crippen LogP contribution is -1.84. The molecule has 1 aromatic heterocycles. The van der Waals surface area contributed by atoms with E-state index in [0.717, 1.165) is 16.0 Å². The van der Waals surface area contributed by atoms with E-state index in [9.17, 15) is 5.11 Å². The number of phenols is 1. The number of hydrogen-bond donors (Lipinski definition) is 1. The molecule has 0 unspecified atom stereocenters. The summed E-state index contributed by atoms with van der Waals surface area (Å²) in [4.78, 5) is 5.37. The second kappa shape index (κ2) is 6.01. The maximum absolute atomic E-state index is 9.43. The third-order valence-corrected chi connectivity index (χ3v) is 3.91. The Balaban J connectivity index is 1.71. The minimum absolute atomic E-state index is 0.258. The molecule has 2 aromatic carbocycles. The molecule has 1 heterocycles. The van der Waals surface area contributed by atoms with E-state index in [4.69, 9.17) is 4.52 Å². The maximum Gasteiger partial charge on any atom is 0.257 e. The number of hydrogen-bond acceptors (Lipinski definition) is 5. The van der Waals surface area contributed by atoms with Crippen LogP contribution in [0.4, 0.5) is 0 Å². The van der Waals surface area contributed by atoms with Crippen LogP contribution in [0.1, 0.15) is 11.4 Å². The summed E-state index contributed by atoms with van der Waals surface area (Å²) in [7, 11) is 0. The molecule has 0 fully saturated rings. The zero-order chi connectivity index (χ0) is 14.7. The first-order valence-electron chi connectivity index (χ1n) is 6.52. The molecule has 0 aliphatic rings. The standard InChI is InChI=1S/C16H14N2O2S/c1-11-4-2-5-12(8-11)16-17-15(18-20-16)10-21-14-7-3-6-13(19)9-14/h2-9,19H,10H2,1H3. The first-order valence-corrected chi connectivity index (χ1v) is 7.51. The van der Waals surface area contributed by atoms with Gasteiger partial charge in [-0.15, -0.1) is 11.8 Å². The number of benzene rings is 2. The van der Waals surface area contributed by atoms with Gasteiger partial charge in [-0.3, -0.25) is 0 Å². The van der Waals surface area contributed by atoms with Crippen LogP contribution in [0.3, 0.4) is 0 Å². The molecule has 0 saturated carbocycles. The van der Waals surface area contributed by atoms with Crippen molar-refractivity contribution in [1.29, 1.82) is 0 Å². The lowest BCUT2D eigenvalue weighted by molar-refractivity contribution is 0.425. The fraction of sp³-hybridized carbons (Fsp3) is 0.125. The van der Waals surface area contributed by atoms with Gasteiger partial charge in [-0.05, 0) is 37.3 Å². The van der Waals surface area contributed by atoms with Crippen LogP contribution in [0.15, 0.2) is 57.9 Å². The number of phenolic OH excluding ortho intramolecular Hbond substituents is 1. The van der Waals surface area contributed by atoms with Crippen LogP contribution in [-0.4, -0.2) is 15.2 Å². The number of aromatic nitrogens is 2. The molecule has 3 rings (SSSR count). The van der Waals surface area contributed by atoms with Crippen molar-refractivity contribution in [3.05, 3.63) is 59.9 Å². The van der Waals surface area contributed by atoms with Gasteiger partial charge in [-0.1, -0.05) is 28.9 Å². The van der Waals surface area contributed by atoms with Crippen LogP contribution < -0.4 is 0 Å². The Hall–Kier alpha value is -2.27. The minimum Gasteiger partial charge on any atom is -0.508 e. The predicted octanol–water partition coefficient (Wildman–Crippen LogP) is 4.04. The van der Waals surface area contributed by atoms with Crippen molar-refractivity contribution >= 4 is 11.8 Å². The van der Waals surface area contributed by atoms with Gasteiger partial charge in [0.15, 0.2) is 5.82 Å². The van der Waals surface area contributed by atoms with E-state index in [1.807, 2.05) is 43.3 Å². The highest BCUT2D eigenvalue weighted by atomic mass is 32.2. The topological polar surface area (TPSA) is 59.2 Å². The SMILES string of the molecule is Cc1cccc(-c2nc(CSc3cccc(O)c3)no2)c1. The molecular weight excluding hydrogens is 284 g/mol. The van der Waals surface area contributed by atoms with Crippen LogP contribution in [0.5, 0.6) is 5.75 Å². The highest BCUT2D eigenvalue weighted by molar-refractivity contribution is 7.98. The summed E-state index contributed by atoms with van der Waals surface area (Å²) in [5, 5.41) is 13.4. The monoisotopic (exact) mass is 298 g/mol. The van der Waals surface area contributed by atoms with Crippen molar-refractivity contribution in [2.24, 2.45) is 0 Å². The average molecular weight is 298 g/mol. The van der Waals surface area contributed by atoms with Crippen molar-refractivity contribution in [2.75, 3.05) is 0 Å². The largest absolute Gasteiger partial charge is 0.508 e. The Morgan fingerprint density at radius 2 is 2.00 bits per heavy atom. The maximum atomic E-state index is 9.43. The van der Waals surface area contributed by atoms with Crippen molar-refractivity contribution in [3.8, 4) is 17.2 Å². The van der Waals surface area contributed by atoms with Gasteiger partial charge >= 0.3 is 0 Å². The fourth-order valence-corrected chi connectivity index (χ4v) is 2.72. The number of aromatic hydroxyl groups is 1. The van der Waals surface area contributed by atoms with Gasteiger partial charge in [0.1, 0.15) is 5.75 Å². The summed E-state index contributed by atoms with van der Waals surface area (Å²) in [6, 6.07) is 15.1. The molecule has 1 N–H and O–H groups in total. The average Bonchev–Trinajstić information content (AvgIpc) is 2.94. The van der Waals surface area contributed by atoms with Crippen LogP contribution in [-0.2, 0) is 5.75 Å². The molecule has 21 heavy (non-hydrogen) atoms. The number of nitrogens with zero attached hydrogens (tertiary/aromatic N) is 2. The Morgan fingerprint density at radius 3 is 2.81 bits per heavy atom. The van der Waals surface area contributed by atoms with Gasteiger partial charge in [-0.2, -0.15) is 4.98 Å². The molecule has 0 saturated heterocycles. The molecule has 0 amide bonds. The molecule has 0 spiro atoms. The number of aryl methyl sites for hydroxylation is 1. The van der Waals surface area contributed by atoms with Gasteiger partial charge in [0.05, 0.1) is 5.75 Å². The summed E-state index contributed by atoms with van der Waals surface area (Å²) in [5.74, 6) is 2.03. The summed E-state index contributed by atoms with van der Waals surface area (Å²) in [6.07, 6.45) is 0. The lowest BCUT2D eigenvalue weighted by Gasteiger charge is -1.98. The molecule has 0 aliphatic heterocycles. The van der Waals surface area contributed by atoms with Gasteiger partial charge in [0.25, 0.3) is 5.89 Å². The molecule has 0 radical (unpaired) electrons. The third-order valence-electron chi connectivity index (χ3n) is 2.92. The van der Waals surface area contributed by atoms with Crippen molar-refractivity contribution in [3.63, 3.8) is 0 Å². The predicted molar refractivity (Wildman–Crippen MR) is 82.1 cm³/mol. The fourth-order valence-electron chi connectivity index (χ4n) is 1.93. The van der Waals surface area contributed by atoms with E-state index in [1.165, 1.54) is 0 Å². The quantitative estimate of drug-likeness (QED) is 0.736. The van der Waals surface area contributed by atoms with Crippen molar-refractivity contribution in [2.45, 2.75) is 17.6 Å². The lowest BCUT2D eigenvalue weighted by atomic mass is 10.1. The molecule has 0 aliphatic carbocycles. The van der Waals surface area contributed by atoms with Gasteiger partial charge in [-0.25, -0.2) is 0 Å². The van der Waals surface area contributed by atoms with Crippen LogP contribution in [0, 0.1) is 6.92 Å². The summed E-state index contributed by atoms with van der Waals surface area (Å²) >= 11 is 1.55. The Kier molecular flexibility index (Phi) is 3.92. The minimum atomic E-state index is 0.258. The molecule has 4 nitrogen and oxygen atoms in total. The normalized spacial score (nSPS) is 10.7. The Morgan fingerprint density at radius 1 is 1.14 bits per heavy atom. The first kappa shape index (κ1) is 13.7. The first-order chi connectivity index (χ1) is 10.2. The molecule has 106 valence electrons. The van der Waals surface area contributed by atoms with E-state index in [0.29, 0.717) is 17.5 Å². The Labute approximate surface area is 126 Å². The number of thioether (sulfide) groups is 1. The summed E-state index contributed by atoms with van der Waals surface area (Å²) < 4.78 is 5.29. The second-order valence-electron chi connectivity index (χ2n) is 4.67. The van der Waals surface area contributed by atoms with Crippen LogP contribution >= 0.6 is 11.8 Å². The van der Waals surface area contributed by atoms with Gasteiger partial charge in [0, 0.05) is 10.5 Å². The molecule has 0 bridgehead atoms. The molecule has 0 atom stereocenters. The van der Waals surface area contributed by atoms with Gasteiger partial charge < -0.3 is 9.63 Å². The Bertz CT molecular complexity index is 755. The van der Waals surface area contributed by atoms with E-state index >= 15 is 0 Å². The number of rotatable bonds is 4. The zero-order valence-corrected chi connectivity index (χ0v) is 12.3. The van der Waals surface area contributed by atoms with Crippen molar-refractivity contribution in [1.82, 2.24) is 10.1 Å². The summed E-state index contributed by atoms with van der Waals surface area (Å²) in [6.45, 7) is 2.03. The van der Waals surface area contributed by atoms with E-state index < -0.39 is 0 Å². The van der Waals surface area contributed by atoms with Gasteiger partial charge in [0.2, 0.25) is 0 Å². The van der Waals surface area contributed by atoms with E-state index in [-0.39, 0.29) is 5.75 Å². The highest BCUT2D eigenvalue weighted by Crippen LogP contribution is 2.26. The third kappa shape index (κ3) is 3.44.